The minimum Gasteiger partial charge on any atom is -0.314 e. The third kappa shape index (κ3) is 3.79. The number of amides is 1. The average Bonchev–Trinajstić information content (AvgIpc) is 2.83. The molecule has 23 heavy (non-hydrogen) atoms. The number of hydrogen-bond donors (Lipinski definition) is 2. The molecule has 1 aliphatic heterocycles. The minimum absolute atomic E-state index is 0. The summed E-state index contributed by atoms with van der Waals surface area (Å²) in [5.41, 5.74) is 1.80. The zero-order valence-corrected chi connectivity index (χ0v) is 14.9. The zero-order valence-electron chi connectivity index (χ0n) is 13.3. The fourth-order valence-corrected chi connectivity index (χ4v) is 3.27. The van der Waals surface area contributed by atoms with Crippen molar-refractivity contribution in [3.63, 3.8) is 0 Å². The zero-order chi connectivity index (χ0) is 15.7. The third-order valence-corrected chi connectivity index (χ3v) is 4.49. The SMILES string of the molecule is CCn1c(NC(=O)[C@H]2CCN[C@@H](C)C2)nc2cc(Cl)ccc21.Cl. The maximum absolute atomic E-state index is 12.5. The van der Waals surface area contributed by atoms with Gasteiger partial charge in [-0.2, -0.15) is 0 Å². The lowest BCUT2D eigenvalue weighted by atomic mass is 9.92. The van der Waals surface area contributed by atoms with E-state index in [9.17, 15) is 4.79 Å². The molecule has 0 spiro atoms. The molecule has 126 valence electrons. The summed E-state index contributed by atoms with van der Waals surface area (Å²) in [5, 5.41) is 7.02. The lowest BCUT2D eigenvalue weighted by Crippen LogP contribution is -2.40. The minimum atomic E-state index is 0. The molecule has 1 aromatic heterocycles. The number of halogens is 2. The van der Waals surface area contributed by atoms with E-state index in [1.807, 2.05) is 29.7 Å². The van der Waals surface area contributed by atoms with Gasteiger partial charge >= 0.3 is 0 Å². The number of nitrogens with one attached hydrogen (secondary N) is 2. The topological polar surface area (TPSA) is 59.0 Å². The predicted molar refractivity (Wildman–Crippen MR) is 96.5 cm³/mol. The molecule has 0 unspecified atom stereocenters. The number of aromatic nitrogens is 2. The molecule has 3 rings (SSSR count). The Hall–Kier alpha value is -1.30. The monoisotopic (exact) mass is 356 g/mol. The fraction of sp³-hybridized carbons (Fsp3) is 0.500. The van der Waals surface area contributed by atoms with Gasteiger partial charge in [0.25, 0.3) is 0 Å². The molecule has 2 aromatic rings. The van der Waals surface area contributed by atoms with Crippen molar-refractivity contribution in [1.82, 2.24) is 14.9 Å². The van der Waals surface area contributed by atoms with Crippen molar-refractivity contribution in [3.8, 4) is 0 Å². The molecule has 2 heterocycles. The van der Waals surface area contributed by atoms with Crippen molar-refractivity contribution >= 4 is 46.9 Å². The van der Waals surface area contributed by atoms with E-state index in [4.69, 9.17) is 11.6 Å². The smallest absolute Gasteiger partial charge is 0.229 e. The van der Waals surface area contributed by atoms with Crippen molar-refractivity contribution < 1.29 is 4.79 Å². The van der Waals surface area contributed by atoms with Gasteiger partial charge in [-0.25, -0.2) is 4.98 Å². The number of benzene rings is 1. The van der Waals surface area contributed by atoms with E-state index < -0.39 is 0 Å². The van der Waals surface area contributed by atoms with Gasteiger partial charge in [-0.15, -0.1) is 12.4 Å². The van der Waals surface area contributed by atoms with Crippen LogP contribution in [0.25, 0.3) is 11.0 Å². The lowest BCUT2D eigenvalue weighted by Gasteiger charge is -2.26. The van der Waals surface area contributed by atoms with Crippen molar-refractivity contribution in [2.24, 2.45) is 5.92 Å². The van der Waals surface area contributed by atoms with Crippen molar-refractivity contribution in [2.45, 2.75) is 39.3 Å². The normalized spacial score (nSPS) is 21.0. The number of carbonyl (C=O) groups is 1. The molecule has 7 heteroatoms. The molecule has 0 bridgehead atoms. The second kappa shape index (κ2) is 7.51. The van der Waals surface area contributed by atoms with Crippen molar-refractivity contribution in [1.29, 1.82) is 0 Å². The Balaban J connectivity index is 0.00000192. The molecule has 0 aliphatic carbocycles. The highest BCUT2D eigenvalue weighted by Crippen LogP contribution is 2.24. The van der Waals surface area contributed by atoms with E-state index in [1.165, 1.54) is 0 Å². The first-order valence-corrected chi connectivity index (χ1v) is 8.16. The number of rotatable bonds is 3. The van der Waals surface area contributed by atoms with Crippen molar-refractivity contribution in [2.75, 3.05) is 11.9 Å². The Bertz CT molecular complexity index is 701. The van der Waals surface area contributed by atoms with E-state index in [-0.39, 0.29) is 24.2 Å². The van der Waals surface area contributed by atoms with Gasteiger partial charge in [-0.1, -0.05) is 11.6 Å². The van der Waals surface area contributed by atoms with Gasteiger partial charge in [-0.3, -0.25) is 10.1 Å². The quantitative estimate of drug-likeness (QED) is 0.885. The third-order valence-electron chi connectivity index (χ3n) is 4.26. The van der Waals surface area contributed by atoms with E-state index in [0.29, 0.717) is 17.0 Å². The van der Waals surface area contributed by atoms with Crippen LogP contribution in [-0.2, 0) is 11.3 Å². The number of carbonyl (C=O) groups excluding carboxylic acids is 1. The van der Waals surface area contributed by atoms with Crippen LogP contribution in [0.1, 0.15) is 26.7 Å². The van der Waals surface area contributed by atoms with Crippen LogP contribution in [0.3, 0.4) is 0 Å². The van der Waals surface area contributed by atoms with Crippen LogP contribution in [0.15, 0.2) is 18.2 Å². The average molecular weight is 357 g/mol. The predicted octanol–water partition coefficient (Wildman–Crippen LogP) is 3.46. The largest absolute Gasteiger partial charge is 0.314 e. The molecule has 2 N–H and O–H groups in total. The molecule has 1 saturated heterocycles. The second-order valence-corrected chi connectivity index (χ2v) is 6.31. The Labute approximate surface area is 147 Å². The van der Waals surface area contributed by atoms with Gasteiger partial charge in [0, 0.05) is 23.5 Å². The number of hydrogen-bond acceptors (Lipinski definition) is 3. The number of aryl methyl sites for hydroxylation is 1. The summed E-state index contributed by atoms with van der Waals surface area (Å²) >= 11 is 6.02. The Morgan fingerprint density at radius 3 is 3.00 bits per heavy atom. The lowest BCUT2D eigenvalue weighted by molar-refractivity contribution is -0.120. The molecule has 1 aliphatic rings. The van der Waals surface area contributed by atoms with E-state index in [0.717, 1.165) is 37.0 Å². The Kier molecular flexibility index (Phi) is 5.89. The number of imidazole rings is 1. The molecule has 5 nitrogen and oxygen atoms in total. The van der Waals surface area contributed by atoms with Crippen LogP contribution in [0.2, 0.25) is 5.02 Å². The molecular weight excluding hydrogens is 335 g/mol. The highest BCUT2D eigenvalue weighted by Gasteiger charge is 2.26. The number of piperidine rings is 1. The van der Waals surface area contributed by atoms with Crippen LogP contribution < -0.4 is 10.6 Å². The highest BCUT2D eigenvalue weighted by atomic mass is 35.5. The second-order valence-electron chi connectivity index (χ2n) is 5.88. The summed E-state index contributed by atoms with van der Waals surface area (Å²) in [6, 6.07) is 5.99. The first-order chi connectivity index (χ1) is 10.6. The first-order valence-electron chi connectivity index (χ1n) is 7.78. The summed E-state index contributed by atoms with van der Waals surface area (Å²) < 4.78 is 2.01. The summed E-state index contributed by atoms with van der Waals surface area (Å²) in [5.74, 6) is 0.713. The summed E-state index contributed by atoms with van der Waals surface area (Å²) in [6.07, 6.45) is 1.73. The van der Waals surface area contributed by atoms with Crippen LogP contribution >= 0.6 is 24.0 Å². The van der Waals surface area contributed by atoms with Gasteiger partial charge in [-0.05, 0) is 51.4 Å². The van der Waals surface area contributed by atoms with E-state index in [1.54, 1.807) is 0 Å². The van der Waals surface area contributed by atoms with Gasteiger partial charge in [0.15, 0.2) is 0 Å². The van der Waals surface area contributed by atoms with Crippen molar-refractivity contribution in [3.05, 3.63) is 23.2 Å². The molecule has 1 amide bonds. The van der Waals surface area contributed by atoms with E-state index in [2.05, 4.69) is 22.5 Å². The molecule has 0 saturated carbocycles. The van der Waals surface area contributed by atoms with Gasteiger partial charge in [0.2, 0.25) is 11.9 Å². The van der Waals surface area contributed by atoms with Crippen LogP contribution in [0.4, 0.5) is 5.95 Å². The van der Waals surface area contributed by atoms with Gasteiger partial charge in [0.1, 0.15) is 0 Å². The fourth-order valence-electron chi connectivity index (χ4n) is 3.10. The Morgan fingerprint density at radius 2 is 2.30 bits per heavy atom. The molecule has 0 radical (unpaired) electrons. The highest BCUT2D eigenvalue weighted by molar-refractivity contribution is 6.31. The number of fused-ring (bicyclic) bond motifs is 1. The number of nitrogens with zero attached hydrogens (tertiary/aromatic N) is 2. The van der Waals surface area contributed by atoms with Crippen LogP contribution in [0.5, 0.6) is 0 Å². The van der Waals surface area contributed by atoms with Gasteiger partial charge in [0.05, 0.1) is 11.0 Å². The maximum Gasteiger partial charge on any atom is 0.229 e. The molecular formula is C16H22Cl2N4O. The standard InChI is InChI=1S/C16H21ClN4O.ClH/c1-3-21-14-5-4-12(17)9-13(14)19-16(21)20-15(22)11-6-7-18-10(2)8-11;/h4-5,9-11,18H,3,6-8H2,1-2H3,(H,19,20,22);1H/t10-,11-;/m0./s1. The molecule has 2 atom stereocenters. The molecule has 1 fully saturated rings. The summed E-state index contributed by atoms with van der Waals surface area (Å²) in [6.45, 7) is 5.79. The summed E-state index contributed by atoms with van der Waals surface area (Å²) in [7, 11) is 0. The van der Waals surface area contributed by atoms with Crippen LogP contribution in [-0.4, -0.2) is 28.0 Å². The maximum atomic E-state index is 12.5. The Morgan fingerprint density at radius 1 is 1.52 bits per heavy atom. The van der Waals surface area contributed by atoms with Crippen LogP contribution in [0, 0.1) is 5.92 Å². The van der Waals surface area contributed by atoms with E-state index >= 15 is 0 Å². The summed E-state index contributed by atoms with van der Waals surface area (Å²) in [4.78, 5) is 17.0. The number of anilines is 1. The van der Waals surface area contributed by atoms with Gasteiger partial charge < -0.3 is 9.88 Å². The molecule has 1 aromatic carbocycles. The first kappa shape index (κ1) is 18.0.